The van der Waals surface area contributed by atoms with Crippen molar-refractivity contribution in [2.24, 2.45) is 0 Å². The Morgan fingerprint density at radius 2 is 2.17 bits per heavy atom. The number of nitrogens with zero attached hydrogens (tertiary/aromatic N) is 5. The maximum absolute atomic E-state index is 13.0. The van der Waals surface area contributed by atoms with Gasteiger partial charge >= 0.3 is 0 Å². The zero-order valence-electron chi connectivity index (χ0n) is 17.7. The topological polar surface area (TPSA) is 88.5 Å². The lowest BCUT2D eigenvalue weighted by atomic mass is 9.80. The monoisotopic (exact) mass is 409 g/mol. The first-order valence-corrected chi connectivity index (χ1v) is 10.3. The van der Waals surface area contributed by atoms with Crippen molar-refractivity contribution in [3.8, 4) is 0 Å². The molecule has 0 aromatic carbocycles. The first-order valence-electron chi connectivity index (χ1n) is 10.3. The highest BCUT2D eigenvalue weighted by Crippen LogP contribution is 2.36. The highest BCUT2D eigenvalue weighted by molar-refractivity contribution is 6.00. The standard InChI is InChI=1S/C22H27N5O3/c1-15-17-12-18(28)27(10-11-30-3)19(17)25-21(24-15)22(2)7-5-9-26(14-22)20(29)16-6-4-8-23-13-16/h4,6,8,13H,5,7,9-12,14H2,1-3H3/t22-/m1/s1. The number of aromatic nitrogens is 3. The predicted molar refractivity (Wildman–Crippen MR) is 111 cm³/mol. The number of fused-ring (bicyclic) bond motifs is 1. The fourth-order valence-electron chi connectivity index (χ4n) is 4.33. The first-order chi connectivity index (χ1) is 14.4. The molecule has 2 amide bonds. The number of aryl methyl sites for hydroxylation is 1. The summed E-state index contributed by atoms with van der Waals surface area (Å²) in [7, 11) is 1.62. The zero-order valence-corrected chi connectivity index (χ0v) is 17.7. The van der Waals surface area contributed by atoms with Crippen LogP contribution in [0.15, 0.2) is 24.5 Å². The van der Waals surface area contributed by atoms with Crippen LogP contribution in [-0.4, -0.2) is 65.0 Å². The molecule has 8 heteroatoms. The summed E-state index contributed by atoms with van der Waals surface area (Å²) in [5, 5.41) is 0. The number of pyridine rings is 1. The molecule has 0 radical (unpaired) electrons. The molecule has 0 aliphatic carbocycles. The van der Waals surface area contributed by atoms with Crippen molar-refractivity contribution >= 4 is 17.6 Å². The van der Waals surface area contributed by atoms with Gasteiger partial charge in [0.25, 0.3) is 5.91 Å². The molecule has 4 rings (SSSR count). The number of anilines is 1. The average molecular weight is 409 g/mol. The summed E-state index contributed by atoms with van der Waals surface area (Å²) in [6, 6.07) is 3.56. The molecule has 1 fully saturated rings. The number of piperidine rings is 1. The molecule has 2 aliphatic rings. The maximum atomic E-state index is 13.0. The second kappa shape index (κ2) is 8.10. The van der Waals surface area contributed by atoms with E-state index in [2.05, 4.69) is 11.9 Å². The molecule has 1 saturated heterocycles. The Labute approximate surface area is 176 Å². The average Bonchev–Trinajstić information content (AvgIpc) is 3.08. The number of methoxy groups -OCH3 is 1. The lowest BCUT2D eigenvalue weighted by Gasteiger charge is -2.39. The molecule has 30 heavy (non-hydrogen) atoms. The van der Waals surface area contributed by atoms with E-state index in [9.17, 15) is 9.59 Å². The van der Waals surface area contributed by atoms with Gasteiger partial charge in [0.1, 0.15) is 11.6 Å². The summed E-state index contributed by atoms with van der Waals surface area (Å²) in [6.45, 7) is 6.19. The van der Waals surface area contributed by atoms with Crippen LogP contribution in [0.1, 0.15) is 47.2 Å². The predicted octanol–water partition coefficient (Wildman–Crippen LogP) is 1.91. The molecule has 4 heterocycles. The second-order valence-electron chi connectivity index (χ2n) is 8.28. The Hall–Kier alpha value is -2.87. The van der Waals surface area contributed by atoms with Crippen molar-refractivity contribution in [3.05, 3.63) is 47.2 Å². The molecule has 0 N–H and O–H groups in total. The van der Waals surface area contributed by atoms with Crippen LogP contribution in [0.25, 0.3) is 0 Å². The molecule has 1 atom stereocenters. The molecule has 0 bridgehead atoms. The highest BCUT2D eigenvalue weighted by atomic mass is 16.5. The van der Waals surface area contributed by atoms with Crippen molar-refractivity contribution in [3.63, 3.8) is 0 Å². The number of hydrogen-bond acceptors (Lipinski definition) is 6. The van der Waals surface area contributed by atoms with E-state index >= 15 is 0 Å². The van der Waals surface area contributed by atoms with Gasteiger partial charge in [0, 0.05) is 49.3 Å². The van der Waals surface area contributed by atoms with Crippen molar-refractivity contribution in [2.45, 2.75) is 38.5 Å². The number of likely N-dealkylation sites (tertiary alicyclic amines) is 1. The smallest absolute Gasteiger partial charge is 0.255 e. The molecule has 8 nitrogen and oxygen atoms in total. The summed E-state index contributed by atoms with van der Waals surface area (Å²) < 4.78 is 5.16. The van der Waals surface area contributed by atoms with Crippen molar-refractivity contribution in [1.29, 1.82) is 0 Å². The molecule has 158 valence electrons. The van der Waals surface area contributed by atoms with Gasteiger partial charge in [-0.1, -0.05) is 6.92 Å². The third-order valence-electron chi connectivity index (χ3n) is 6.03. The minimum atomic E-state index is -0.380. The van der Waals surface area contributed by atoms with Gasteiger partial charge in [0.2, 0.25) is 5.91 Å². The molecule has 0 unspecified atom stereocenters. The van der Waals surface area contributed by atoms with Crippen LogP contribution < -0.4 is 4.90 Å². The van der Waals surface area contributed by atoms with Gasteiger partial charge in [-0.25, -0.2) is 9.97 Å². The minimum Gasteiger partial charge on any atom is -0.383 e. The quantitative estimate of drug-likeness (QED) is 0.750. The highest BCUT2D eigenvalue weighted by Gasteiger charge is 2.40. The van der Waals surface area contributed by atoms with E-state index in [4.69, 9.17) is 14.7 Å². The van der Waals surface area contributed by atoms with E-state index < -0.39 is 0 Å². The summed E-state index contributed by atoms with van der Waals surface area (Å²) in [6.07, 6.45) is 5.34. The fourth-order valence-corrected chi connectivity index (χ4v) is 4.33. The largest absolute Gasteiger partial charge is 0.383 e. The minimum absolute atomic E-state index is 0.0243. The number of carbonyl (C=O) groups is 2. The molecule has 0 saturated carbocycles. The van der Waals surface area contributed by atoms with E-state index in [1.807, 2.05) is 11.8 Å². The summed E-state index contributed by atoms with van der Waals surface area (Å²) in [5.41, 5.74) is 1.93. The van der Waals surface area contributed by atoms with Crippen LogP contribution in [0.4, 0.5) is 5.82 Å². The van der Waals surface area contributed by atoms with Gasteiger partial charge in [-0.15, -0.1) is 0 Å². The Morgan fingerprint density at radius 1 is 1.33 bits per heavy atom. The Kier molecular flexibility index (Phi) is 5.51. The van der Waals surface area contributed by atoms with Gasteiger partial charge in [0.15, 0.2) is 0 Å². The van der Waals surface area contributed by atoms with Gasteiger partial charge in [-0.05, 0) is 31.9 Å². The first kappa shape index (κ1) is 20.4. The van der Waals surface area contributed by atoms with Gasteiger partial charge in [-0.2, -0.15) is 0 Å². The molecule has 0 spiro atoms. The zero-order chi connectivity index (χ0) is 21.3. The Bertz CT molecular complexity index is 965. The lowest BCUT2D eigenvalue weighted by molar-refractivity contribution is -0.117. The summed E-state index contributed by atoms with van der Waals surface area (Å²) >= 11 is 0. The Balaban J connectivity index is 1.63. The van der Waals surface area contributed by atoms with Crippen LogP contribution in [0, 0.1) is 6.92 Å². The molecular formula is C22H27N5O3. The fraction of sp³-hybridized carbons (Fsp3) is 0.500. The lowest BCUT2D eigenvalue weighted by Crippen LogP contribution is -2.48. The van der Waals surface area contributed by atoms with Crippen molar-refractivity contribution in [1.82, 2.24) is 19.9 Å². The van der Waals surface area contributed by atoms with E-state index in [0.29, 0.717) is 49.9 Å². The van der Waals surface area contributed by atoms with Crippen molar-refractivity contribution in [2.75, 3.05) is 38.3 Å². The van der Waals surface area contributed by atoms with Crippen LogP contribution >= 0.6 is 0 Å². The normalized spacial score (nSPS) is 21.1. The number of carbonyl (C=O) groups excluding carboxylic acids is 2. The van der Waals surface area contributed by atoms with Gasteiger partial charge < -0.3 is 9.64 Å². The van der Waals surface area contributed by atoms with E-state index in [1.54, 1.807) is 36.5 Å². The van der Waals surface area contributed by atoms with Crippen LogP contribution in [0.5, 0.6) is 0 Å². The Morgan fingerprint density at radius 3 is 2.90 bits per heavy atom. The van der Waals surface area contributed by atoms with E-state index in [0.717, 1.165) is 24.1 Å². The molecule has 2 aromatic rings. The number of hydrogen-bond donors (Lipinski definition) is 0. The number of amides is 2. The molecular weight excluding hydrogens is 382 g/mol. The van der Waals surface area contributed by atoms with Crippen LogP contribution in [0.2, 0.25) is 0 Å². The summed E-state index contributed by atoms with van der Waals surface area (Å²) in [5.74, 6) is 1.39. The van der Waals surface area contributed by atoms with Crippen LogP contribution in [0.3, 0.4) is 0 Å². The summed E-state index contributed by atoms with van der Waals surface area (Å²) in [4.78, 5) is 42.7. The molecule has 2 aromatic heterocycles. The number of ether oxygens (including phenoxy) is 1. The van der Waals surface area contributed by atoms with E-state index in [-0.39, 0.29) is 17.2 Å². The number of rotatable bonds is 5. The SMILES string of the molecule is COCCN1C(=O)Cc2c(C)nc([C@]3(C)CCCN(C(=O)c4cccnc4)C3)nc21. The third-order valence-corrected chi connectivity index (χ3v) is 6.03. The third kappa shape index (κ3) is 3.67. The van der Waals surface area contributed by atoms with Crippen molar-refractivity contribution < 1.29 is 14.3 Å². The van der Waals surface area contributed by atoms with Crippen LogP contribution in [-0.2, 0) is 21.4 Å². The molecule has 2 aliphatic heterocycles. The van der Waals surface area contributed by atoms with Gasteiger partial charge in [0.05, 0.1) is 25.1 Å². The second-order valence-corrected chi connectivity index (χ2v) is 8.28. The maximum Gasteiger partial charge on any atom is 0.255 e. The van der Waals surface area contributed by atoms with Gasteiger partial charge in [-0.3, -0.25) is 19.5 Å². The van der Waals surface area contributed by atoms with E-state index in [1.165, 1.54) is 0 Å².